The number of aryl methyl sites for hydroxylation is 2. The number of likely N-dealkylation sites (tertiary alicyclic amines) is 1. The number of fused-ring (bicyclic) bond motifs is 1. The summed E-state index contributed by atoms with van der Waals surface area (Å²) in [5.74, 6) is -3.42. The number of carbonyl (C=O) groups is 1. The molecule has 1 aromatic carbocycles. The molecule has 2 heterocycles. The highest BCUT2D eigenvalue weighted by Gasteiger charge is 2.33. The van der Waals surface area contributed by atoms with Crippen LogP contribution in [0.4, 0.5) is 18.0 Å². The highest BCUT2D eigenvalue weighted by atomic mass is 19.2. The first-order chi connectivity index (χ1) is 13.3. The first kappa shape index (κ1) is 18.6. The van der Waals surface area contributed by atoms with Crippen LogP contribution in [0.5, 0.6) is 0 Å². The van der Waals surface area contributed by atoms with Crippen molar-refractivity contribution in [3.8, 4) is 0 Å². The van der Waals surface area contributed by atoms with Crippen LogP contribution in [0, 0.1) is 24.4 Å². The third-order valence-corrected chi connectivity index (χ3v) is 5.49. The van der Waals surface area contributed by atoms with Gasteiger partial charge in [-0.3, -0.25) is 4.98 Å². The molecule has 2 aromatic rings. The maximum absolute atomic E-state index is 14.2. The molecule has 0 spiro atoms. The Labute approximate surface area is 158 Å². The number of amides is 2. The number of halogens is 3. The van der Waals surface area contributed by atoms with Crippen molar-refractivity contribution < 1.29 is 18.0 Å². The zero-order chi connectivity index (χ0) is 20.0. The van der Waals surface area contributed by atoms with E-state index >= 15 is 0 Å². The standard InChI is InChI=1S/C18H20F3N5O2/c1-9-22-18(28)26(24-9)11-4-6-25(7-5-11)17(27)23-13-3-2-10-8-12(19)15(20)16(21)14(10)13/h8,11,13H,2-7H2,1H3,(H,23,27)(H,22,24,28). The molecule has 2 aliphatic rings. The molecule has 0 bridgehead atoms. The highest BCUT2D eigenvalue weighted by Crippen LogP contribution is 2.35. The predicted molar refractivity (Wildman–Crippen MR) is 93.3 cm³/mol. The molecule has 2 amide bonds. The number of aromatic nitrogens is 3. The summed E-state index contributed by atoms with van der Waals surface area (Å²) in [4.78, 5) is 28.6. The minimum atomic E-state index is -1.51. The van der Waals surface area contributed by atoms with Gasteiger partial charge in [0.2, 0.25) is 0 Å². The molecule has 1 aliphatic carbocycles. The molecule has 1 aliphatic heterocycles. The molecule has 7 nitrogen and oxygen atoms in total. The molecule has 2 N–H and O–H groups in total. The SMILES string of the molecule is Cc1nn(C2CCN(C(=O)NC3CCc4cc(F)c(F)c(F)c43)CC2)c(=O)[nH]1. The molecule has 1 aromatic heterocycles. The minimum absolute atomic E-state index is 0.0284. The zero-order valence-electron chi connectivity index (χ0n) is 15.3. The summed E-state index contributed by atoms with van der Waals surface area (Å²) in [6, 6.07) is -0.171. The fourth-order valence-electron chi connectivity index (χ4n) is 4.08. The summed E-state index contributed by atoms with van der Waals surface area (Å²) >= 11 is 0. The number of nitrogens with one attached hydrogen (secondary N) is 2. The Hall–Kier alpha value is -2.78. The number of nitrogens with zero attached hydrogens (tertiary/aromatic N) is 3. The third-order valence-electron chi connectivity index (χ3n) is 5.49. The van der Waals surface area contributed by atoms with Crippen molar-refractivity contribution in [1.82, 2.24) is 25.0 Å². The molecule has 1 fully saturated rings. The van der Waals surface area contributed by atoms with Crippen LogP contribution < -0.4 is 11.0 Å². The molecule has 1 unspecified atom stereocenters. The van der Waals surface area contributed by atoms with E-state index in [1.165, 1.54) is 4.68 Å². The summed E-state index contributed by atoms with van der Waals surface area (Å²) in [6.45, 7) is 2.52. The van der Waals surface area contributed by atoms with Crippen molar-refractivity contribution in [2.45, 2.75) is 44.7 Å². The summed E-state index contributed by atoms with van der Waals surface area (Å²) in [5.41, 5.74) is 0.141. The predicted octanol–water partition coefficient (Wildman–Crippen LogP) is 2.33. The summed E-state index contributed by atoms with van der Waals surface area (Å²) in [7, 11) is 0. The van der Waals surface area contributed by atoms with Gasteiger partial charge >= 0.3 is 11.7 Å². The lowest BCUT2D eigenvalue weighted by Crippen LogP contribution is -2.46. The summed E-state index contributed by atoms with van der Waals surface area (Å²) in [5, 5.41) is 6.89. The van der Waals surface area contributed by atoms with E-state index in [4.69, 9.17) is 0 Å². The van der Waals surface area contributed by atoms with Crippen molar-refractivity contribution in [3.63, 3.8) is 0 Å². The van der Waals surface area contributed by atoms with Gasteiger partial charge in [-0.05, 0) is 44.2 Å². The monoisotopic (exact) mass is 395 g/mol. The molecule has 150 valence electrons. The van der Waals surface area contributed by atoms with E-state index in [-0.39, 0.29) is 23.3 Å². The molecule has 1 atom stereocenters. The number of carbonyl (C=O) groups excluding carboxylic acids is 1. The van der Waals surface area contributed by atoms with E-state index < -0.39 is 23.5 Å². The van der Waals surface area contributed by atoms with Crippen LogP contribution in [-0.2, 0) is 6.42 Å². The Morgan fingerprint density at radius 2 is 1.93 bits per heavy atom. The average Bonchev–Trinajstić information content (AvgIpc) is 3.22. The van der Waals surface area contributed by atoms with Crippen molar-refractivity contribution in [3.05, 3.63) is 51.0 Å². The number of rotatable bonds is 2. The Morgan fingerprint density at radius 3 is 2.57 bits per heavy atom. The van der Waals surface area contributed by atoms with Gasteiger partial charge in [0.25, 0.3) is 0 Å². The van der Waals surface area contributed by atoms with E-state index in [9.17, 15) is 22.8 Å². The van der Waals surface area contributed by atoms with Crippen LogP contribution >= 0.6 is 0 Å². The normalized spacial score (nSPS) is 19.7. The quantitative estimate of drug-likeness (QED) is 0.766. The Morgan fingerprint density at radius 1 is 1.21 bits per heavy atom. The average molecular weight is 395 g/mol. The number of urea groups is 1. The maximum atomic E-state index is 14.2. The Kier molecular flexibility index (Phi) is 4.64. The van der Waals surface area contributed by atoms with E-state index in [1.54, 1.807) is 11.8 Å². The maximum Gasteiger partial charge on any atom is 0.343 e. The van der Waals surface area contributed by atoms with Gasteiger partial charge in [-0.1, -0.05) is 0 Å². The largest absolute Gasteiger partial charge is 0.343 e. The van der Waals surface area contributed by atoms with Gasteiger partial charge in [0.1, 0.15) is 5.82 Å². The number of hydrogen-bond donors (Lipinski definition) is 2. The van der Waals surface area contributed by atoms with Crippen LogP contribution in [0.2, 0.25) is 0 Å². The summed E-state index contributed by atoms with van der Waals surface area (Å²) in [6.07, 6.45) is 1.89. The smallest absolute Gasteiger partial charge is 0.331 e. The molecule has 4 rings (SSSR count). The van der Waals surface area contributed by atoms with Crippen LogP contribution in [0.3, 0.4) is 0 Å². The van der Waals surface area contributed by atoms with Gasteiger partial charge in [-0.25, -0.2) is 27.4 Å². The Bertz CT molecular complexity index is 978. The van der Waals surface area contributed by atoms with Crippen molar-refractivity contribution >= 4 is 6.03 Å². The third kappa shape index (κ3) is 3.16. The number of H-pyrrole nitrogens is 1. The second kappa shape index (κ2) is 6.99. The lowest BCUT2D eigenvalue weighted by Gasteiger charge is -2.32. The number of hydrogen-bond acceptors (Lipinski definition) is 3. The molecule has 28 heavy (non-hydrogen) atoms. The van der Waals surface area contributed by atoms with Crippen LogP contribution in [0.1, 0.15) is 48.3 Å². The van der Waals surface area contributed by atoms with Gasteiger partial charge in [-0.2, -0.15) is 5.10 Å². The molecular formula is C18H20F3N5O2. The van der Waals surface area contributed by atoms with E-state index in [1.807, 2.05) is 0 Å². The minimum Gasteiger partial charge on any atom is -0.331 e. The van der Waals surface area contributed by atoms with E-state index in [2.05, 4.69) is 15.4 Å². The molecule has 1 saturated heterocycles. The van der Waals surface area contributed by atoms with Gasteiger partial charge in [-0.15, -0.1) is 0 Å². The highest BCUT2D eigenvalue weighted by molar-refractivity contribution is 5.75. The first-order valence-corrected chi connectivity index (χ1v) is 9.22. The lowest BCUT2D eigenvalue weighted by atomic mass is 10.1. The molecular weight excluding hydrogens is 375 g/mol. The second-order valence-electron chi connectivity index (χ2n) is 7.28. The van der Waals surface area contributed by atoms with Crippen LogP contribution in [0.25, 0.3) is 0 Å². The van der Waals surface area contributed by atoms with Gasteiger partial charge in [0.15, 0.2) is 17.5 Å². The number of benzene rings is 1. The van der Waals surface area contributed by atoms with Crippen LogP contribution in [-0.4, -0.2) is 38.8 Å². The van der Waals surface area contributed by atoms with Crippen molar-refractivity contribution in [1.29, 1.82) is 0 Å². The van der Waals surface area contributed by atoms with Gasteiger partial charge < -0.3 is 10.2 Å². The topological polar surface area (TPSA) is 83.0 Å². The number of piperidine rings is 1. The fourth-order valence-corrected chi connectivity index (χ4v) is 4.08. The molecule has 10 heteroatoms. The van der Waals surface area contributed by atoms with Crippen molar-refractivity contribution in [2.24, 2.45) is 0 Å². The summed E-state index contributed by atoms with van der Waals surface area (Å²) < 4.78 is 42.5. The van der Waals surface area contributed by atoms with E-state index in [0.29, 0.717) is 50.2 Å². The van der Waals surface area contributed by atoms with E-state index in [0.717, 1.165) is 6.07 Å². The second-order valence-corrected chi connectivity index (χ2v) is 7.28. The number of aromatic amines is 1. The molecule has 0 saturated carbocycles. The van der Waals surface area contributed by atoms with Crippen molar-refractivity contribution in [2.75, 3.05) is 13.1 Å². The lowest BCUT2D eigenvalue weighted by molar-refractivity contribution is 0.164. The van der Waals surface area contributed by atoms with Crippen LogP contribution in [0.15, 0.2) is 10.9 Å². The van der Waals surface area contributed by atoms with Gasteiger partial charge in [0.05, 0.1) is 12.1 Å². The zero-order valence-corrected chi connectivity index (χ0v) is 15.3. The Balaban J connectivity index is 1.41. The van der Waals surface area contributed by atoms with Gasteiger partial charge in [0, 0.05) is 18.7 Å². The molecule has 0 radical (unpaired) electrons. The fraction of sp³-hybridized carbons (Fsp3) is 0.500. The first-order valence-electron chi connectivity index (χ1n) is 9.22.